The molecular weight excluding hydrogens is 272 g/mol. The first-order valence-corrected chi connectivity index (χ1v) is 9.88. The molecule has 118 valence electrons. The van der Waals surface area contributed by atoms with E-state index in [0.29, 0.717) is 11.8 Å². The first-order chi connectivity index (χ1) is 9.46. The summed E-state index contributed by atoms with van der Waals surface area (Å²) < 4.78 is 23.2. The molecule has 2 aliphatic heterocycles. The van der Waals surface area contributed by atoms with Gasteiger partial charge in [0.25, 0.3) is 0 Å². The van der Waals surface area contributed by atoms with Crippen LogP contribution in [0.2, 0.25) is 0 Å². The summed E-state index contributed by atoms with van der Waals surface area (Å²) in [5.74, 6) is 1.34. The lowest BCUT2D eigenvalue weighted by molar-refractivity contribution is 0.112. The Morgan fingerprint density at radius 2 is 1.85 bits per heavy atom. The molecule has 4 nitrogen and oxygen atoms in total. The minimum absolute atomic E-state index is 0.273. The van der Waals surface area contributed by atoms with E-state index in [2.05, 4.69) is 17.3 Å². The highest BCUT2D eigenvalue weighted by Crippen LogP contribution is 2.39. The van der Waals surface area contributed by atoms with Gasteiger partial charge in [-0.05, 0) is 58.5 Å². The van der Waals surface area contributed by atoms with E-state index in [1.54, 1.807) is 6.92 Å². The lowest BCUT2D eigenvalue weighted by Gasteiger charge is -2.40. The molecule has 2 rings (SSSR count). The maximum atomic E-state index is 11.6. The smallest absolute Gasteiger partial charge is 0.150 e. The second-order valence-corrected chi connectivity index (χ2v) is 9.03. The van der Waals surface area contributed by atoms with Gasteiger partial charge in [-0.1, -0.05) is 6.92 Å². The van der Waals surface area contributed by atoms with Crippen LogP contribution >= 0.6 is 0 Å². The summed E-state index contributed by atoms with van der Waals surface area (Å²) in [5.41, 5.74) is 0. The van der Waals surface area contributed by atoms with E-state index >= 15 is 0 Å². The molecule has 3 unspecified atom stereocenters. The lowest BCUT2D eigenvalue weighted by Crippen LogP contribution is -2.46. The maximum Gasteiger partial charge on any atom is 0.150 e. The van der Waals surface area contributed by atoms with Crippen LogP contribution < -0.4 is 5.32 Å². The van der Waals surface area contributed by atoms with Gasteiger partial charge in [0.1, 0.15) is 9.84 Å². The van der Waals surface area contributed by atoms with Crippen LogP contribution in [0, 0.1) is 5.92 Å². The van der Waals surface area contributed by atoms with Crippen LogP contribution in [-0.2, 0) is 9.84 Å². The van der Waals surface area contributed by atoms with E-state index in [1.807, 2.05) is 7.05 Å². The summed E-state index contributed by atoms with van der Waals surface area (Å²) in [6, 6.07) is 2.00. The molecule has 1 N–H and O–H groups in total. The molecule has 0 aliphatic carbocycles. The summed E-state index contributed by atoms with van der Waals surface area (Å²) in [6.07, 6.45) is 7.03. The van der Waals surface area contributed by atoms with Crippen molar-refractivity contribution in [2.75, 3.05) is 25.6 Å². The Balaban J connectivity index is 1.83. The molecular formula is C15H30N2O2S. The minimum Gasteiger partial charge on any atom is -0.317 e. The largest absolute Gasteiger partial charge is 0.317 e. The van der Waals surface area contributed by atoms with E-state index < -0.39 is 9.84 Å². The molecule has 2 bridgehead atoms. The fourth-order valence-electron chi connectivity index (χ4n) is 4.07. The Bertz CT molecular complexity index is 396. The molecule has 0 aromatic carbocycles. The Labute approximate surface area is 124 Å². The van der Waals surface area contributed by atoms with E-state index in [1.165, 1.54) is 25.7 Å². The predicted octanol–water partition coefficient (Wildman–Crippen LogP) is 1.66. The lowest BCUT2D eigenvalue weighted by atomic mass is 9.83. The van der Waals surface area contributed by atoms with E-state index in [9.17, 15) is 8.42 Å². The number of hydrogen-bond acceptors (Lipinski definition) is 4. The molecule has 0 amide bonds. The fraction of sp³-hybridized carbons (Fsp3) is 1.00. The number of piperidine rings is 1. The SMILES string of the molecule is CCS(=O)(=O)CCCC(NC)C1CC2CCC(C1)N2C. The second kappa shape index (κ2) is 6.75. The van der Waals surface area contributed by atoms with Gasteiger partial charge in [0.15, 0.2) is 0 Å². The van der Waals surface area contributed by atoms with Crippen LogP contribution in [0.25, 0.3) is 0 Å². The number of hydrogen-bond donors (Lipinski definition) is 1. The van der Waals surface area contributed by atoms with Gasteiger partial charge in [-0.3, -0.25) is 0 Å². The number of nitrogens with zero attached hydrogens (tertiary/aromatic N) is 1. The van der Waals surface area contributed by atoms with Gasteiger partial charge in [-0.2, -0.15) is 0 Å². The Kier molecular flexibility index (Phi) is 5.49. The molecule has 2 fully saturated rings. The summed E-state index contributed by atoms with van der Waals surface area (Å²) in [4.78, 5) is 2.56. The molecule has 2 aliphatic rings. The highest BCUT2D eigenvalue weighted by atomic mass is 32.2. The van der Waals surface area contributed by atoms with Crippen LogP contribution in [0.5, 0.6) is 0 Å². The Hall–Kier alpha value is -0.130. The summed E-state index contributed by atoms with van der Waals surface area (Å²) in [7, 11) is 1.48. The van der Waals surface area contributed by atoms with Crippen LogP contribution in [-0.4, -0.2) is 57.0 Å². The average molecular weight is 302 g/mol. The number of sulfone groups is 1. The van der Waals surface area contributed by atoms with Crippen molar-refractivity contribution in [2.45, 2.75) is 63.6 Å². The van der Waals surface area contributed by atoms with Gasteiger partial charge >= 0.3 is 0 Å². The van der Waals surface area contributed by atoms with Crippen molar-refractivity contribution in [3.05, 3.63) is 0 Å². The van der Waals surface area contributed by atoms with E-state index in [-0.39, 0.29) is 5.75 Å². The standard InChI is InChI=1S/C15H30N2O2S/c1-4-20(18,19)9-5-6-15(16-2)12-10-13-7-8-14(11-12)17(13)3/h12-16H,4-11H2,1-3H3. The highest BCUT2D eigenvalue weighted by Gasteiger charge is 2.40. The molecule has 3 atom stereocenters. The molecule has 0 radical (unpaired) electrons. The molecule has 0 spiro atoms. The maximum absolute atomic E-state index is 11.6. The molecule has 0 saturated carbocycles. The van der Waals surface area contributed by atoms with Crippen LogP contribution in [0.15, 0.2) is 0 Å². The van der Waals surface area contributed by atoms with Crippen molar-refractivity contribution in [1.82, 2.24) is 10.2 Å². The van der Waals surface area contributed by atoms with E-state index in [4.69, 9.17) is 0 Å². The molecule has 2 saturated heterocycles. The zero-order valence-electron chi connectivity index (χ0n) is 13.1. The van der Waals surface area contributed by atoms with Gasteiger partial charge in [0.2, 0.25) is 0 Å². The summed E-state index contributed by atoms with van der Waals surface area (Å²) in [5, 5.41) is 3.45. The summed E-state index contributed by atoms with van der Waals surface area (Å²) >= 11 is 0. The fourth-order valence-corrected chi connectivity index (χ4v) is 4.96. The zero-order valence-corrected chi connectivity index (χ0v) is 14.0. The van der Waals surface area contributed by atoms with Crippen LogP contribution in [0.4, 0.5) is 0 Å². The van der Waals surface area contributed by atoms with Crippen molar-refractivity contribution < 1.29 is 8.42 Å². The van der Waals surface area contributed by atoms with Gasteiger partial charge in [0.05, 0.1) is 5.75 Å². The van der Waals surface area contributed by atoms with Crippen molar-refractivity contribution >= 4 is 9.84 Å². The first-order valence-electron chi connectivity index (χ1n) is 8.06. The average Bonchev–Trinajstić information content (AvgIpc) is 2.66. The van der Waals surface area contributed by atoms with Crippen molar-refractivity contribution in [1.29, 1.82) is 0 Å². The van der Waals surface area contributed by atoms with Crippen molar-refractivity contribution in [3.63, 3.8) is 0 Å². The van der Waals surface area contributed by atoms with Gasteiger partial charge in [0, 0.05) is 23.9 Å². The quantitative estimate of drug-likeness (QED) is 0.777. The molecule has 5 heteroatoms. The highest BCUT2D eigenvalue weighted by molar-refractivity contribution is 7.91. The predicted molar refractivity (Wildman–Crippen MR) is 83.7 cm³/mol. The third-order valence-electron chi connectivity index (χ3n) is 5.48. The number of rotatable bonds is 7. The van der Waals surface area contributed by atoms with Gasteiger partial charge in [-0.25, -0.2) is 8.42 Å². The molecule has 0 aromatic heterocycles. The topological polar surface area (TPSA) is 49.4 Å². The molecule has 0 aromatic rings. The van der Waals surface area contributed by atoms with Crippen molar-refractivity contribution in [3.8, 4) is 0 Å². The van der Waals surface area contributed by atoms with Crippen LogP contribution in [0.1, 0.15) is 45.4 Å². The third kappa shape index (κ3) is 3.74. The Morgan fingerprint density at radius 3 is 2.35 bits per heavy atom. The first kappa shape index (κ1) is 16.2. The third-order valence-corrected chi connectivity index (χ3v) is 7.28. The van der Waals surface area contributed by atoms with Crippen molar-refractivity contribution in [2.24, 2.45) is 5.92 Å². The summed E-state index contributed by atoms with van der Waals surface area (Å²) in [6.45, 7) is 1.74. The minimum atomic E-state index is -2.81. The van der Waals surface area contributed by atoms with E-state index in [0.717, 1.165) is 30.8 Å². The Morgan fingerprint density at radius 1 is 1.25 bits per heavy atom. The molecule has 20 heavy (non-hydrogen) atoms. The van der Waals surface area contributed by atoms with Gasteiger partial charge < -0.3 is 10.2 Å². The number of nitrogens with one attached hydrogen (secondary N) is 1. The molecule has 2 heterocycles. The normalized spacial score (nSPS) is 32.5. The number of fused-ring (bicyclic) bond motifs is 2. The second-order valence-electron chi connectivity index (χ2n) is 6.56. The monoisotopic (exact) mass is 302 g/mol. The van der Waals surface area contributed by atoms with Gasteiger partial charge in [-0.15, -0.1) is 0 Å². The zero-order chi connectivity index (χ0) is 14.8. The van der Waals surface area contributed by atoms with Crippen LogP contribution in [0.3, 0.4) is 0 Å².